The largest absolute Gasteiger partial charge is 0.486 e. The zero-order valence-corrected chi connectivity index (χ0v) is 20.0. The molecule has 5 rings (SSSR count). The fraction of sp³-hybridized carbons (Fsp3) is 0.417. The average molecular weight is 480 g/mol. The minimum atomic E-state index is -0.471. The maximum Gasteiger partial charge on any atom is 0.229 e. The van der Waals surface area contributed by atoms with E-state index in [9.17, 15) is 5.26 Å². The summed E-state index contributed by atoms with van der Waals surface area (Å²) in [5.41, 5.74) is 2.88. The molecule has 2 aliphatic rings. The summed E-state index contributed by atoms with van der Waals surface area (Å²) in [6, 6.07) is 5.51. The maximum absolute atomic E-state index is 15.0. The Kier molecular flexibility index (Phi) is 6.30. The lowest BCUT2D eigenvalue weighted by Gasteiger charge is -2.34. The van der Waals surface area contributed by atoms with E-state index < -0.39 is 5.82 Å². The van der Waals surface area contributed by atoms with Gasteiger partial charge in [-0.05, 0) is 51.9 Å². The summed E-state index contributed by atoms with van der Waals surface area (Å²) in [6.45, 7) is 7.21. The Hall–Kier alpha value is -3.29. The van der Waals surface area contributed by atoms with Crippen molar-refractivity contribution in [3.63, 3.8) is 0 Å². The summed E-state index contributed by atoms with van der Waals surface area (Å²) in [4.78, 5) is 15.7. The second-order valence-corrected chi connectivity index (χ2v) is 9.59. The van der Waals surface area contributed by atoms with E-state index in [4.69, 9.17) is 9.72 Å². The van der Waals surface area contributed by atoms with Crippen molar-refractivity contribution >= 4 is 28.1 Å². The van der Waals surface area contributed by atoms with Crippen molar-refractivity contribution in [2.24, 2.45) is 0 Å². The molecule has 8 nitrogen and oxygen atoms in total. The highest BCUT2D eigenvalue weighted by atomic mass is 32.1. The van der Waals surface area contributed by atoms with Gasteiger partial charge in [0.05, 0.1) is 35.4 Å². The summed E-state index contributed by atoms with van der Waals surface area (Å²) >= 11 is 1.50. The van der Waals surface area contributed by atoms with Crippen molar-refractivity contribution in [1.82, 2.24) is 20.3 Å². The van der Waals surface area contributed by atoms with E-state index in [-0.39, 0.29) is 17.4 Å². The quantitative estimate of drug-likeness (QED) is 0.555. The van der Waals surface area contributed by atoms with Gasteiger partial charge in [-0.2, -0.15) is 5.26 Å². The summed E-state index contributed by atoms with van der Waals surface area (Å²) in [5, 5.41) is 19.0. The number of thiazole rings is 1. The van der Waals surface area contributed by atoms with Crippen LogP contribution in [0.1, 0.15) is 43.9 Å². The number of nitriles is 1. The number of aromatic nitrogens is 3. The second kappa shape index (κ2) is 9.52. The predicted molar refractivity (Wildman–Crippen MR) is 130 cm³/mol. The number of rotatable bonds is 5. The number of ether oxygens (including phenoxy) is 1. The monoisotopic (exact) mass is 479 g/mol. The van der Waals surface area contributed by atoms with Crippen LogP contribution in [-0.4, -0.2) is 47.2 Å². The number of piperidine rings is 1. The van der Waals surface area contributed by atoms with Gasteiger partial charge < -0.3 is 20.3 Å². The van der Waals surface area contributed by atoms with Crippen molar-refractivity contribution in [2.75, 3.05) is 36.5 Å². The van der Waals surface area contributed by atoms with Crippen LogP contribution >= 0.6 is 11.3 Å². The third-order valence-electron chi connectivity index (χ3n) is 6.22. The number of hydrogen-bond acceptors (Lipinski definition) is 9. The van der Waals surface area contributed by atoms with Gasteiger partial charge in [-0.3, -0.25) is 0 Å². The van der Waals surface area contributed by atoms with Crippen LogP contribution in [0.25, 0.3) is 11.3 Å². The molecule has 0 unspecified atom stereocenters. The number of hydrogen-bond donors (Lipinski definition) is 2. The first-order chi connectivity index (χ1) is 16.5. The van der Waals surface area contributed by atoms with Gasteiger partial charge >= 0.3 is 0 Å². The number of fused-ring (bicyclic) bond motifs is 1. The lowest BCUT2D eigenvalue weighted by atomic mass is 9.96. The molecule has 0 saturated carbocycles. The molecule has 2 aliphatic heterocycles. The van der Waals surface area contributed by atoms with E-state index >= 15 is 4.39 Å². The Morgan fingerprint density at radius 3 is 2.88 bits per heavy atom. The third-order valence-corrected chi connectivity index (χ3v) is 6.99. The first-order valence-electron chi connectivity index (χ1n) is 11.5. The van der Waals surface area contributed by atoms with Crippen molar-refractivity contribution in [3.05, 3.63) is 40.8 Å². The van der Waals surface area contributed by atoms with Gasteiger partial charge in [0.1, 0.15) is 12.7 Å². The van der Waals surface area contributed by atoms with Crippen molar-refractivity contribution < 1.29 is 9.13 Å². The Morgan fingerprint density at radius 2 is 2.12 bits per heavy atom. The van der Waals surface area contributed by atoms with Crippen molar-refractivity contribution in [2.45, 2.75) is 38.6 Å². The zero-order chi connectivity index (χ0) is 23.7. The third kappa shape index (κ3) is 4.41. The summed E-state index contributed by atoms with van der Waals surface area (Å²) in [5.74, 6) is 0.537. The van der Waals surface area contributed by atoms with E-state index in [0.717, 1.165) is 31.6 Å². The number of nitrogens with zero attached hydrogens (tertiary/aromatic N) is 5. The van der Waals surface area contributed by atoms with Crippen LogP contribution in [0, 0.1) is 17.1 Å². The van der Waals surface area contributed by atoms with Crippen LogP contribution in [-0.2, 0) is 0 Å². The summed E-state index contributed by atoms with van der Waals surface area (Å²) < 4.78 is 20.6. The van der Waals surface area contributed by atoms with Gasteiger partial charge in [-0.25, -0.2) is 19.3 Å². The Morgan fingerprint density at radius 1 is 1.29 bits per heavy atom. The fourth-order valence-corrected chi connectivity index (χ4v) is 5.25. The van der Waals surface area contributed by atoms with Crippen LogP contribution in [0.4, 0.5) is 21.2 Å². The van der Waals surface area contributed by atoms with Crippen LogP contribution in [0.3, 0.4) is 0 Å². The first kappa shape index (κ1) is 22.5. The second-order valence-electron chi connectivity index (χ2n) is 8.74. The van der Waals surface area contributed by atoms with Crippen LogP contribution in [0.15, 0.2) is 23.7 Å². The lowest BCUT2D eigenvalue weighted by Crippen LogP contribution is -2.38. The highest BCUT2D eigenvalue weighted by Crippen LogP contribution is 2.39. The molecule has 0 radical (unpaired) electrons. The van der Waals surface area contributed by atoms with Crippen LogP contribution in [0.5, 0.6) is 5.75 Å². The molecule has 0 bridgehead atoms. The van der Waals surface area contributed by atoms with Gasteiger partial charge in [0, 0.05) is 22.9 Å². The molecule has 3 aromatic rings. The molecule has 2 N–H and O–H groups in total. The van der Waals surface area contributed by atoms with Crippen LogP contribution in [0.2, 0.25) is 0 Å². The number of nitrogens with one attached hydrogen (secondary N) is 2. The molecule has 4 heterocycles. The molecule has 1 saturated heterocycles. The number of benzene rings is 1. The lowest BCUT2D eigenvalue weighted by molar-refractivity contribution is 0.287. The van der Waals surface area contributed by atoms with E-state index in [1.54, 1.807) is 0 Å². The fourth-order valence-electron chi connectivity index (χ4n) is 4.46. The minimum Gasteiger partial charge on any atom is -0.486 e. The summed E-state index contributed by atoms with van der Waals surface area (Å²) in [7, 11) is 0. The van der Waals surface area contributed by atoms with Gasteiger partial charge in [0.25, 0.3) is 0 Å². The molecule has 1 fully saturated rings. The van der Waals surface area contributed by atoms with E-state index in [1.807, 2.05) is 6.07 Å². The number of anilines is 3. The normalized spacial score (nSPS) is 16.1. The topological polar surface area (TPSA) is 99.0 Å². The molecule has 0 amide bonds. The molecule has 1 aromatic carbocycles. The molecular weight excluding hydrogens is 453 g/mol. The summed E-state index contributed by atoms with van der Waals surface area (Å²) in [6.07, 6.45) is 3.60. The van der Waals surface area contributed by atoms with E-state index in [2.05, 4.69) is 50.8 Å². The standard InChI is InChI=1S/C24H26FN7OS/c1-14(2)32-7-8-33-22-18(25)9-16(10-20(22)32)21-17(11-26)12-28-23(30-21)31-24-29-19(13-34-24)15-3-5-27-6-4-15/h9-10,12-15,27H,3-8H2,1-2H3,(H,28,29,30,31). The van der Waals surface area contributed by atoms with E-state index in [0.29, 0.717) is 47.1 Å². The average Bonchev–Trinajstić information content (AvgIpc) is 3.32. The van der Waals surface area contributed by atoms with Gasteiger partial charge in [0.2, 0.25) is 5.95 Å². The minimum absolute atomic E-state index is 0.175. The highest BCUT2D eigenvalue weighted by molar-refractivity contribution is 7.13. The van der Waals surface area contributed by atoms with Crippen molar-refractivity contribution in [1.29, 1.82) is 5.26 Å². The Labute approximate surface area is 201 Å². The molecule has 0 spiro atoms. The smallest absolute Gasteiger partial charge is 0.229 e. The van der Waals surface area contributed by atoms with Crippen molar-refractivity contribution in [3.8, 4) is 23.1 Å². The van der Waals surface area contributed by atoms with Gasteiger partial charge in [0.15, 0.2) is 16.7 Å². The predicted octanol–water partition coefficient (Wildman–Crippen LogP) is 4.43. The number of halogens is 1. The Balaban J connectivity index is 1.47. The van der Waals surface area contributed by atoms with E-state index in [1.165, 1.54) is 23.6 Å². The molecule has 34 heavy (non-hydrogen) atoms. The van der Waals surface area contributed by atoms with Crippen LogP contribution < -0.4 is 20.3 Å². The maximum atomic E-state index is 15.0. The highest BCUT2D eigenvalue weighted by Gasteiger charge is 2.26. The SMILES string of the molecule is CC(C)N1CCOc2c(F)cc(-c3nc(Nc4nc(C5CCNCC5)cs4)ncc3C#N)cc21. The molecule has 176 valence electrons. The molecule has 10 heteroatoms. The molecule has 2 aromatic heterocycles. The molecule has 0 atom stereocenters. The van der Waals surface area contributed by atoms with Gasteiger partial charge in [-0.15, -0.1) is 11.3 Å². The first-order valence-corrected chi connectivity index (χ1v) is 12.3. The molecular formula is C24H26FN7OS. The van der Waals surface area contributed by atoms with Gasteiger partial charge in [-0.1, -0.05) is 0 Å². The molecule has 0 aliphatic carbocycles. The Bertz CT molecular complexity index is 1230. The zero-order valence-electron chi connectivity index (χ0n) is 19.1.